The Hall–Kier alpha value is -3.72. The third-order valence-corrected chi connectivity index (χ3v) is 6.11. The summed E-state index contributed by atoms with van der Waals surface area (Å²) in [5.74, 6) is -1.93. The number of benzene rings is 2. The van der Waals surface area contributed by atoms with E-state index in [0.29, 0.717) is 23.5 Å². The Morgan fingerprint density at radius 3 is 2.54 bits per heavy atom. The van der Waals surface area contributed by atoms with Crippen molar-refractivity contribution in [2.75, 3.05) is 26.5 Å². The molecule has 2 N–H and O–H groups in total. The molecule has 2 heterocycles. The predicted octanol–water partition coefficient (Wildman–Crippen LogP) is 3.17. The Bertz CT molecular complexity index is 1360. The van der Waals surface area contributed by atoms with Crippen molar-refractivity contribution in [2.24, 2.45) is 4.99 Å². The summed E-state index contributed by atoms with van der Waals surface area (Å²) in [5.41, 5.74) is 7.66. The first kappa shape index (κ1) is 26.3. The molecule has 4 radical (unpaired) electrons. The molecular weight excluding hydrogens is 476 g/mol. The number of methoxy groups -OCH3 is 1. The number of carbonyl (C=O) groups is 1. The largest absolute Gasteiger partial charge is 0.486 e. The van der Waals surface area contributed by atoms with Crippen molar-refractivity contribution in [1.82, 2.24) is 9.88 Å². The Labute approximate surface area is 216 Å². The second kappa shape index (κ2) is 10.3. The summed E-state index contributed by atoms with van der Waals surface area (Å²) in [6, 6.07) is 8.66. The SMILES string of the molecule is [B]C1([B])c2ncccc2C(=O)N1Cc1c(F)cc(-c2ccc(OC(C)COC)c(N)c2C=NC)cc1F. The van der Waals surface area contributed by atoms with Crippen molar-refractivity contribution >= 4 is 33.5 Å². The van der Waals surface area contributed by atoms with Gasteiger partial charge < -0.3 is 20.1 Å². The maximum absolute atomic E-state index is 15.3. The van der Waals surface area contributed by atoms with Crippen LogP contribution in [0.15, 0.2) is 47.6 Å². The number of pyridine rings is 1. The lowest BCUT2D eigenvalue weighted by Crippen LogP contribution is -2.45. The molecule has 0 bridgehead atoms. The van der Waals surface area contributed by atoms with E-state index in [1.807, 2.05) is 6.92 Å². The van der Waals surface area contributed by atoms with Crippen LogP contribution in [-0.2, 0) is 16.6 Å². The number of hydrogen-bond acceptors (Lipinski definition) is 6. The number of aliphatic imine (C=N–C) groups is 1. The van der Waals surface area contributed by atoms with Crippen molar-refractivity contribution in [3.8, 4) is 16.9 Å². The van der Waals surface area contributed by atoms with Gasteiger partial charge >= 0.3 is 0 Å². The molecule has 1 unspecified atom stereocenters. The van der Waals surface area contributed by atoms with E-state index in [0.717, 1.165) is 17.0 Å². The third-order valence-electron chi connectivity index (χ3n) is 6.11. The van der Waals surface area contributed by atoms with Crippen LogP contribution >= 0.6 is 0 Å². The molecule has 0 saturated heterocycles. The lowest BCUT2D eigenvalue weighted by Gasteiger charge is -2.33. The van der Waals surface area contributed by atoms with E-state index in [1.165, 1.54) is 18.5 Å². The van der Waals surface area contributed by atoms with Crippen molar-refractivity contribution in [2.45, 2.75) is 24.9 Å². The average molecular weight is 500 g/mol. The molecule has 0 spiro atoms. The molecule has 11 heteroatoms. The number of anilines is 1. The minimum Gasteiger partial charge on any atom is -0.486 e. The first-order chi connectivity index (χ1) is 17.6. The molecule has 0 saturated carbocycles. The van der Waals surface area contributed by atoms with Crippen LogP contribution in [0, 0.1) is 11.6 Å². The fourth-order valence-electron chi connectivity index (χ4n) is 4.33. The molecule has 2 aromatic carbocycles. The fourth-order valence-corrected chi connectivity index (χ4v) is 4.33. The van der Waals surface area contributed by atoms with Crippen molar-refractivity contribution in [3.05, 3.63) is 76.6 Å². The Morgan fingerprint density at radius 2 is 1.92 bits per heavy atom. The van der Waals surface area contributed by atoms with E-state index in [-0.39, 0.29) is 34.2 Å². The van der Waals surface area contributed by atoms with Crippen LogP contribution in [-0.4, -0.2) is 64.6 Å². The van der Waals surface area contributed by atoms with Crippen LogP contribution in [0.1, 0.15) is 34.1 Å². The minimum atomic E-state index is -1.82. The van der Waals surface area contributed by atoms with Crippen LogP contribution in [0.4, 0.5) is 14.5 Å². The maximum Gasteiger partial charge on any atom is 0.255 e. The van der Waals surface area contributed by atoms with Crippen LogP contribution in [0.25, 0.3) is 11.1 Å². The first-order valence-electron chi connectivity index (χ1n) is 11.4. The summed E-state index contributed by atoms with van der Waals surface area (Å²) in [4.78, 5) is 22.0. The molecule has 1 aliphatic rings. The molecule has 7 nitrogen and oxygen atoms in total. The highest BCUT2D eigenvalue weighted by atomic mass is 19.1. The number of fused-ring (bicyclic) bond motifs is 1. The van der Waals surface area contributed by atoms with Gasteiger partial charge in [-0.25, -0.2) is 8.78 Å². The first-order valence-corrected chi connectivity index (χ1v) is 11.4. The summed E-state index contributed by atoms with van der Waals surface area (Å²) in [6.45, 7) is 1.69. The van der Waals surface area contributed by atoms with Gasteiger partial charge in [-0.15, -0.1) is 0 Å². The van der Waals surface area contributed by atoms with Crippen LogP contribution in [0.5, 0.6) is 5.75 Å². The second-order valence-electron chi connectivity index (χ2n) is 8.74. The van der Waals surface area contributed by atoms with Crippen LogP contribution in [0.3, 0.4) is 0 Å². The Kier molecular flexibility index (Phi) is 7.36. The standard InChI is InChI=1S/C26H24B2F2N4O3/c1-14(13-36-3)37-22-7-6-16(18(11-32-2)23(22)31)15-9-20(29)19(21(30)10-15)12-34-25(35)17-5-4-8-33-24(17)26(34,27)28/h4-11,14H,12-13,31H2,1-3H3. The molecule has 0 aliphatic carbocycles. The number of nitrogens with zero attached hydrogens (tertiary/aromatic N) is 3. The van der Waals surface area contributed by atoms with Crippen LogP contribution in [0.2, 0.25) is 0 Å². The zero-order valence-electron chi connectivity index (χ0n) is 20.7. The molecule has 0 fully saturated rings. The van der Waals surface area contributed by atoms with Gasteiger partial charge in [0.15, 0.2) is 0 Å². The summed E-state index contributed by atoms with van der Waals surface area (Å²) >= 11 is 0. The maximum atomic E-state index is 15.3. The molecule has 1 atom stereocenters. The number of aromatic nitrogens is 1. The molecule has 1 aliphatic heterocycles. The Morgan fingerprint density at radius 1 is 1.22 bits per heavy atom. The van der Waals surface area contributed by atoms with E-state index in [4.69, 9.17) is 30.9 Å². The lowest BCUT2D eigenvalue weighted by molar-refractivity contribution is 0.0727. The fraction of sp³-hybridized carbons (Fsp3) is 0.269. The minimum absolute atomic E-state index is 0.138. The van der Waals surface area contributed by atoms with Gasteiger partial charge in [-0.05, 0) is 54.4 Å². The highest BCUT2D eigenvalue weighted by molar-refractivity contribution is 6.42. The second-order valence-corrected chi connectivity index (χ2v) is 8.74. The smallest absolute Gasteiger partial charge is 0.255 e. The normalized spacial score (nSPS) is 15.3. The van der Waals surface area contributed by atoms with E-state index < -0.39 is 29.4 Å². The predicted molar refractivity (Wildman–Crippen MR) is 139 cm³/mol. The highest BCUT2D eigenvalue weighted by Gasteiger charge is 2.43. The van der Waals surface area contributed by atoms with E-state index in [9.17, 15) is 4.79 Å². The van der Waals surface area contributed by atoms with Gasteiger partial charge in [0.2, 0.25) is 0 Å². The molecule has 37 heavy (non-hydrogen) atoms. The average Bonchev–Trinajstić information content (AvgIpc) is 3.04. The van der Waals surface area contributed by atoms with Gasteiger partial charge in [-0.3, -0.25) is 14.8 Å². The zero-order chi connectivity index (χ0) is 26.9. The number of ether oxygens (including phenoxy) is 2. The number of rotatable bonds is 8. The molecular formula is C26H24B2F2N4O3. The van der Waals surface area contributed by atoms with Crippen molar-refractivity contribution in [1.29, 1.82) is 0 Å². The van der Waals surface area contributed by atoms with Crippen molar-refractivity contribution in [3.63, 3.8) is 0 Å². The van der Waals surface area contributed by atoms with E-state index >= 15 is 8.78 Å². The summed E-state index contributed by atoms with van der Waals surface area (Å²) in [5, 5.41) is -1.82. The number of nitrogens with two attached hydrogens (primary N) is 1. The van der Waals surface area contributed by atoms with Crippen LogP contribution < -0.4 is 10.5 Å². The molecule has 3 aromatic rings. The number of carbonyl (C=O) groups excluding carboxylic acids is 1. The quantitative estimate of drug-likeness (QED) is 0.292. The van der Waals surface area contributed by atoms with E-state index in [1.54, 1.807) is 32.4 Å². The number of halogens is 2. The monoisotopic (exact) mass is 500 g/mol. The van der Waals surface area contributed by atoms with Gasteiger partial charge in [0.25, 0.3) is 5.91 Å². The third kappa shape index (κ3) is 4.83. The summed E-state index contributed by atoms with van der Waals surface area (Å²) in [7, 11) is 15.4. The number of amides is 1. The summed E-state index contributed by atoms with van der Waals surface area (Å²) in [6.07, 6.45) is 2.66. The number of nitrogen functional groups attached to an aromatic ring is 1. The Balaban J connectivity index is 1.70. The van der Waals surface area contributed by atoms with Gasteiger partial charge in [0, 0.05) is 43.0 Å². The molecule has 186 valence electrons. The molecule has 1 aromatic heterocycles. The van der Waals surface area contributed by atoms with Gasteiger partial charge in [0.05, 0.1) is 45.8 Å². The van der Waals surface area contributed by atoms with Crippen molar-refractivity contribution < 1.29 is 23.0 Å². The van der Waals surface area contributed by atoms with E-state index in [2.05, 4.69) is 9.98 Å². The zero-order valence-corrected chi connectivity index (χ0v) is 20.7. The summed E-state index contributed by atoms with van der Waals surface area (Å²) < 4.78 is 41.6. The van der Waals surface area contributed by atoms with Gasteiger partial charge in [0.1, 0.15) is 23.5 Å². The van der Waals surface area contributed by atoms with Gasteiger partial charge in [-0.2, -0.15) is 0 Å². The lowest BCUT2D eigenvalue weighted by atomic mass is 9.59. The molecule has 4 rings (SSSR count). The van der Waals surface area contributed by atoms with Gasteiger partial charge in [-0.1, -0.05) is 0 Å². The topological polar surface area (TPSA) is 90.0 Å². The highest BCUT2D eigenvalue weighted by Crippen LogP contribution is 2.37. The molecule has 1 amide bonds. The number of hydrogen-bond donors (Lipinski definition) is 1.